The Morgan fingerprint density at radius 2 is 1.86 bits per heavy atom. The zero-order chi connectivity index (χ0) is 20.1. The zero-order valence-electron chi connectivity index (χ0n) is 14.3. The second kappa shape index (κ2) is 7.95. The van der Waals surface area contributed by atoms with Crippen LogP contribution < -0.4 is 10.6 Å². The summed E-state index contributed by atoms with van der Waals surface area (Å²) in [6.07, 6.45) is -1.78. The Morgan fingerprint density at radius 3 is 2.57 bits per heavy atom. The molecule has 0 aliphatic heterocycles. The highest BCUT2D eigenvalue weighted by molar-refractivity contribution is 6.04. The van der Waals surface area contributed by atoms with Gasteiger partial charge in [-0.25, -0.2) is 0 Å². The van der Waals surface area contributed by atoms with Crippen molar-refractivity contribution in [1.82, 2.24) is 10.3 Å². The molecule has 2 N–H and O–H groups in total. The lowest BCUT2D eigenvalue weighted by Gasteiger charge is -2.10. The van der Waals surface area contributed by atoms with E-state index in [9.17, 15) is 22.8 Å². The highest BCUT2D eigenvalue weighted by Crippen LogP contribution is 2.30. The third-order valence-corrected chi connectivity index (χ3v) is 3.71. The fourth-order valence-corrected chi connectivity index (χ4v) is 2.35. The molecular formula is C19H14F3N3O3. The first-order chi connectivity index (χ1) is 13.3. The Kier molecular flexibility index (Phi) is 5.44. The monoisotopic (exact) mass is 389 g/mol. The lowest BCUT2D eigenvalue weighted by atomic mass is 10.1. The number of anilines is 1. The standard InChI is InChI=1S/C19H14F3N3O3/c20-19(21,22)13-3-1-4-14(10-13)25-18(27)16-9-12(6-7-23-16)17(26)24-11-15-5-2-8-28-15/h1-10H,11H2,(H,24,26)(H,25,27). The summed E-state index contributed by atoms with van der Waals surface area (Å²) in [5, 5.41) is 4.97. The van der Waals surface area contributed by atoms with Gasteiger partial charge in [-0.2, -0.15) is 13.2 Å². The lowest BCUT2D eigenvalue weighted by molar-refractivity contribution is -0.137. The number of hydrogen-bond acceptors (Lipinski definition) is 4. The highest BCUT2D eigenvalue weighted by atomic mass is 19.4. The van der Waals surface area contributed by atoms with Gasteiger partial charge in [0.1, 0.15) is 11.5 Å². The summed E-state index contributed by atoms with van der Waals surface area (Å²) < 4.78 is 43.4. The molecule has 6 nitrogen and oxygen atoms in total. The van der Waals surface area contributed by atoms with Gasteiger partial charge >= 0.3 is 6.18 Å². The van der Waals surface area contributed by atoms with E-state index in [1.807, 2.05) is 0 Å². The van der Waals surface area contributed by atoms with Crippen LogP contribution in [0.15, 0.2) is 65.4 Å². The molecular weight excluding hydrogens is 375 g/mol. The minimum atomic E-state index is -4.52. The fraction of sp³-hybridized carbons (Fsp3) is 0.105. The molecule has 28 heavy (non-hydrogen) atoms. The minimum absolute atomic E-state index is 0.0331. The van der Waals surface area contributed by atoms with Crippen LogP contribution in [0.1, 0.15) is 32.2 Å². The first-order valence-corrected chi connectivity index (χ1v) is 8.08. The number of furan rings is 1. The SMILES string of the molecule is O=C(NCc1ccco1)c1ccnc(C(=O)Nc2cccc(C(F)(F)F)c2)c1. The number of alkyl halides is 3. The molecule has 0 fully saturated rings. The van der Waals surface area contributed by atoms with E-state index in [0.717, 1.165) is 12.1 Å². The topological polar surface area (TPSA) is 84.2 Å². The predicted molar refractivity (Wildman–Crippen MR) is 93.5 cm³/mol. The summed E-state index contributed by atoms with van der Waals surface area (Å²) in [5.41, 5.74) is -0.850. The molecule has 3 rings (SSSR count). The smallest absolute Gasteiger partial charge is 0.416 e. The van der Waals surface area contributed by atoms with E-state index in [2.05, 4.69) is 15.6 Å². The summed E-state index contributed by atoms with van der Waals surface area (Å²) in [6.45, 7) is 0.167. The number of hydrogen-bond donors (Lipinski definition) is 2. The van der Waals surface area contributed by atoms with Gasteiger partial charge in [-0.15, -0.1) is 0 Å². The molecule has 2 aromatic heterocycles. The van der Waals surface area contributed by atoms with Crippen molar-refractivity contribution in [1.29, 1.82) is 0 Å². The van der Waals surface area contributed by atoms with E-state index < -0.39 is 23.6 Å². The van der Waals surface area contributed by atoms with Crippen LogP contribution >= 0.6 is 0 Å². The Balaban J connectivity index is 1.69. The molecule has 0 aliphatic rings. The molecule has 0 aliphatic carbocycles. The van der Waals surface area contributed by atoms with Crippen LogP contribution in [-0.2, 0) is 12.7 Å². The lowest BCUT2D eigenvalue weighted by Crippen LogP contribution is -2.23. The summed E-state index contributed by atoms with van der Waals surface area (Å²) >= 11 is 0. The maximum Gasteiger partial charge on any atom is 0.416 e. The number of carbonyl (C=O) groups is 2. The molecule has 0 bridgehead atoms. The number of aromatic nitrogens is 1. The maximum atomic E-state index is 12.8. The number of amides is 2. The summed E-state index contributed by atoms with van der Waals surface area (Å²) in [7, 11) is 0. The van der Waals surface area contributed by atoms with E-state index in [4.69, 9.17) is 4.42 Å². The van der Waals surface area contributed by atoms with E-state index in [1.165, 1.54) is 36.7 Å². The molecule has 0 spiro atoms. The third-order valence-electron chi connectivity index (χ3n) is 3.71. The second-order valence-electron chi connectivity index (χ2n) is 5.72. The van der Waals surface area contributed by atoms with Gasteiger partial charge in [-0.1, -0.05) is 6.07 Å². The number of carbonyl (C=O) groups excluding carboxylic acids is 2. The largest absolute Gasteiger partial charge is 0.467 e. The predicted octanol–water partition coefficient (Wildman–Crippen LogP) is 3.88. The first kappa shape index (κ1) is 19.2. The van der Waals surface area contributed by atoms with Crippen molar-refractivity contribution < 1.29 is 27.2 Å². The normalized spacial score (nSPS) is 11.1. The summed E-state index contributed by atoms with van der Waals surface area (Å²) in [5.74, 6) is -0.628. The van der Waals surface area contributed by atoms with Gasteiger partial charge in [0.25, 0.3) is 11.8 Å². The maximum absolute atomic E-state index is 12.8. The van der Waals surface area contributed by atoms with Crippen molar-refractivity contribution in [2.24, 2.45) is 0 Å². The number of benzene rings is 1. The van der Waals surface area contributed by atoms with Crippen LogP contribution in [0, 0.1) is 0 Å². The van der Waals surface area contributed by atoms with E-state index in [0.29, 0.717) is 5.76 Å². The van der Waals surface area contributed by atoms with Gasteiger partial charge in [-0.3, -0.25) is 14.6 Å². The second-order valence-corrected chi connectivity index (χ2v) is 5.72. The summed E-state index contributed by atoms with van der Waals surface area (Å²) in [6, 6.07) is 10.3. The van der Waals surface area contributed by atoms with Crippen molar-refractivity contribution in [3.8, 4) is 0 Å². The number of rotatable bonds is 5. The molecule has 144 valence electrons. The third kappa shape index (κ3) is 4.76. The van der Waals surface area contributed by atoms with Crippen molar-refractivity contribution in [3.63, 3.8) is 0 Å². The van der Waals surface area contributed by atoms with E-state index >= 15 is 0 Å². The zero-order valence-corrected chi connectivity index (χ0v) is 14.3. The van der Waals surface area contributed by atoms with Crippen LogP contribution in [-0.4, -0.2) is 16.8 Å². The molecule has 0 radical (unpaired) electrons. The van der Waals surface area contributed by atoms with Gasteiger partial charge in [0.2, 0.25) is 0 Å². The Bertz CT molecular complexity index is 985. The first-order valence-electron chi connectivity index (χ1n) is 8.08. The molecule has 0 saturated heterocycles. The average molecular weight is 389 g/mol. The van der Waals surface area contributed by atoms with Gasteiger partial charge in [-0.05, 0) is 42.5 Å². The number of nitrogens with one attached hydrogen (secondary N) is 2. The minimum Gasteiger partial charge on any atom is -0.467 e. The summed E-state index contributed by atoms with van der Waals surface area (Å²) in [4.78, 5) is 28.4. The molecule has 0 saturated carbocycles. The molecule has 9 heteroatoms. The van der Waals surface area contributed by atoms with Gasteiger partial charge in [0.15, 0.2) is 0 Å². The van der Waals surface area contributed by atoms with E-state index in [-0.39, 0.29) is 23.5 Å². The molecule has 3 aromatic rings. The number of nitrogens with zero attached hydrogens (tertiary/aromatic N) is 1. The van der Waals surface area contributed by atoms with Crippen molar-refractivity contribution in [2.75, 3.05) is 5.32 Å². The number of pyridine rings is 1. The molecule has 2 amide bonds. The van der Waals surface area contributed by atoms with Crippen molar-refractivity contribution in [2.45, 2.75) is 12.7 Å². The van der Waals surface area contributed by atoms with Crippen LogP contribution in [0.25, 0.3) is 0 Å². The average Bonchev–Trinajstić information content (AvgIpc) is 3.19. The highest BCUT2D eigenvalue weighted by Gasteiger charge is 2.30. The van der Waals surface area contributed by atoms with Crippen LogP contribution in [0.4, 0.5) is 18.9 Å². The van der Waals surface area contributed by atoms with Crippen molar-refractivity contribution >= 4 is 17.5 Å². The van der Waals surface area contributed by atoms with E-state index in [1.54, 1.807) is 12.1 Å². The fourth-order valence-electron chi connectivity index (χ4n) is 2.35. The van der Waals surface area contributed by atoms with Crippen molar-refractivity contribution in [3.05, 3.63) is 83.6 Å². The molecule has 1 aromatic carbocycles. The Labute approximate surface area is 157 Å². The molecule has 0 atom stereocenters. The van der Waals surface area contributed by atoms with Gasteiger partial charge < -0.3 is 15.1 Å². The quantitative estimate of drug-likeness (QED) is 0.694. The Hall–Kier alpha value is -3.62. The van der Waals surface area contributed by atoms with Crippen LogP contribution in [0.2, 0.25) is 0 Å². The molecule has 0 unspecified atom stereocenters. The van der Waals surface area contributed by atoms with Gasteiger partial charge in [0.05, 0.1) is 18.4 Å². The van der Waals surface area contributed by atoms with Crippen LogP contribution in [0.5, 0.6) is 0 Å². The number of halogens is 3. The molecule has 2 heterocycles. The Morgan fingerprint density at radius 1 is 1.04 bits per heavy atom. The van der Waals surface area contributed by atoms with Gasteiger partial charge in [0, 0.05) is 17.4 Å². The van der Waals surface area contributed by atoms with Crippen LogP contribution in [0.3, 0.4) is 0 Å².